The lowest BCUT2D eigenvalue weighted by Crippen LogP contribution is -2.18. The number of hydrogen-bond acceptors (Lipinski definition) is 4. The van der Waals surface area contributed by atoms with Gasteiger partial charge in [0.15, 0.2) is 5.75 Å². The van der Waals surface area contributed by atoms with Crippen LogP contribution in [0.3, 0.4) is 0 Å². The number of thiazole rings is 1. The number of benzene rings is 1. The number of nitrogens with zero attached hydrogens (tertiary/aromatic N) is 1. The van der Waals surface area contributed by atoms with Gasteiger partial charge in [-0.3, -0.25) is 0 Å². The number of rotatable bonds is 4. The van der Waals surface area contributed by atoms with Crippen molar-refractivity contribution in [2.24, 2.45) is 0 Å². The van der Waals surface area contributed by atoms with Crippen molar-refractivity contribution in [2.45, 2.75) is 19.8 Å². The second-order valence-electron chi connectivity index (χ2n) is 3.92. The van der Waals surface area contributed by atoms with Crippen molar-refractivity contribution in [2.75, 3.05) is 5.32 Å². The summed E-state index contributed by atoms with van der Waals surface area (Å²) in [6, 6.07) is 4.42. The summed E-state index contributed by atoms with van der Waals surface area (Å²) >= 11 is 4.56. The van der Waals surface area contributed by atoms with E-state index in [9.17, 15) is 13.2 Å². The van der Waals surface area contributed by atoms with Crippen molar-refractivity contribution in [3.05, 3.63) is 38.8 Å². The Labute approximate surface area is 125 Å². The zero-order chi connectivity index (χ0) is 14.8. The molecule has 1 heterocycles. The van der Waals surface area contributed by atoms with Crippen LogP contribution in [-0.2, 0) is 6.54 Å². The van der Waals surface area contributed by atoms with E-state index in [0.29, 0.717) is 11.0 Å². The van der Waals surface area contributed by atoms with E-state index in [1.54, 1.807) is 6.07 Å². The van der Waals surface area contributed by atoms with Crippen LogP contribution in [0.25, 0.3) is 0 Å². The molecule has 0 amide bonds. The first-order valence-corrected chi connectivity index (χ1v) is 7.21. The van der Waals surface area contributed by atoms with Gasteiger partial charge in [-0.1, -0.05) is 15.9 Å². The van der Waals surface area contributed by atoms with Gasteiger partial charge in [0.1, 0.15) is 5.01 Å². The van der Waals surface area contributed by atoms with E-state index in [1.807, 2.05) is 12.3 Å². The van der Waals surface area contributed by atoms with Crippen LogP contribution in [0.5, 0.6) is 5.75 Å². The van der Waals surface area contributed by atoms with E-state index in [0.717, 1.165) is 10.7 Å². The third-order valence-electron chi connectivity index (χ3n) is 2.27. The molecule has 0 saturated carbocycles. The molecule has 8 heteroatoms. The number of anilines is 1. The first kappa shape index (κ1) is 15.1. The summed E-state index contributed by atoms with van der Waals surface area (Å²) in [5, 5.41) is 5.57. The van der Waals surface area contributed by atoms with Crippen molar-refractivity contribution in [1.29, 1.82) is 0 Å². The molecule has 2 rings (SSSR count). The maximum absolute atomic E-state index is 12.3. The highest BCUT2D eigenvalue weighted by Crippen LogP contribution is 2.33. The highest BCUT2D eigenvalue weighted by Gasteiger charge is 2.32. The average molecular weight is 367 g/mol. The first-order valence-electron chi connectivity index (χ1n) is 5.54. The van der Waals surface area contributed by atoms with E-state index >= 15 is 0 Å². The third kappa shape index (κ3) is 4.38. The molecule has 0 aliphatic rings. The lowest BCUT2D eigenvalue weighted by Gasteiger charge is -2.14. The third-order valence-corrected chi connectivity index (χ3v) is 3.73. The second-order valence-corrected chi connectivity index (χ2v) is 5.78. The molecule has 20 heavy (non-hydrogen) atoms. The Hall–Kier alpha value is -1.28. The maximum atomic E-state index is 12.3. The van der Waals surface area contributed by atoms with Crippen LogP contribution in [0.2, 0.25) is 0 Å². The van der Waals surface area contributed by atoms with Gasteiger partial charge in [0.25, 0.3) is 0 Å². The number of nitrogens with one attached hydrogen (secondary N) is 1. The Morgan fingerprint density at radius 2 is 2.15 bits per heavy atom. The fourth-order valence-electron chi connectivity index (χ4n) is 1.51. The van der Waals surface area contributed by atoms with Crippen molar-refractivity contribution in [3.63, 3.8) is 0 Å². The maximum Gasteiger partial charge on any atom is 0.573 e. The molecule has 0 aliphatic heterocycles. The van der Waals surface area contributed by atoms with E-state index in [1.165, 1.54) is 23.5 Å². The van der Waals surface area contributed by atoms with Crippen molar-refractivity contribution >= 4 is 33.0 Å². The SMILES string of the molecule is Cc1csc(CNc2ccc(Br)cc2OC(F)(F)F)n1. The van der Waals surface area contributed by atoms with Gasteiger partial charge in [0, 0.05) is 15.5 Å². The summed E-state index contributed by atoms with van der Waals surface area (Å²) < 4.78 is 41.5. The molecule has 0 aliphatic carbocycles. The summed E-state index contributed by atoms with van der Waals surface area (Å²) in [4.78, 5) is 4.23. The minimum absolute atomic E-state index is 0.262. The Bertz CT molecular complexity index is 601. The molecule has 0 bridgehead atoms. The Balaban J connectivity index is 2.14. The van der Waals surface area contributed by atoms with Gasteiger partial charge in [-0.15, -0.1) is 24.5 Å². The van der Waals surface area contributed by atoms with Crippen LogP contribution in [0.4, 0.5) is 18.9 Å². The van der Waals surface area contributed by atoms with E-state index in [-0.39, 0.29) is 11.4 Å². The van der Waals surface area contributed by atoms with Crippen molar-refractivity contribution in [3.8, 4) is 5.75 Å². The van der Waals surface area contributed by atoms with Crippen molar-refractivity contribution in [1.82, 2.24) is 4.98 Å². The summed E-state index contributed by atoms with van der Waals surface area (Å²) in [7, 11) is 0. The van der Waals surface area contributed by atoms with E-state index < -0.39 is 6.36 Å². The number of ether oxygens (including phenoxy) is 1. The lowest BCUT2D eigenvalue weighted by molar-refractivity contribution is -0.274. The molecule has 3 nitrogen and oxygen atoms in total. The first-order chi connectivity index (χ1) is 9.33. The van der Waals surface area contributed by atoms with Crippen LogP contribution in [0.15, 0.2) is 28.1 Å². The molecule has 1 N–H and O–H groups in total. The minimum atomic E-state index is -4.73. The summed E-state index contributed by atoms with van der Waals surface area (Å²) in [6.45, 7) is 2.20. The zero-order valence-electron chi connectivity index (χ0n) is 10.3. The average Bonchev–Trinajstić information content (AvgIpc) is 2.72. The van der Waals surface area contributed by atoms with Crippen LogP contribution in [-0.4, -0.2) is 11.3 Å². The minimum Gasteiger partial charge on any atom is -0.404 e. The number of aryl methyl sites for hydroxylation is 1. The molecule has 1 aromatic heterocycles. The van der Waals surface area contributed by atoms with E-state index in [2.05, 4.69) is 31.0 Å². The molecule has 0 spiro atoms. The monoisotopic (exact) mass is 366 g/mol. The van der Waals surface area contributed by atoms with Gasteiger partial charge in [0.05, 0.1) is 12.2 Å². The van der Waals surface area contributed by atoms with Crippen LogP contribution < -0.4 is 10.1 Å². The van der Waals surface area contributed by atoms with Crippen molar-refractivity contribution < 1.29 is 17.9 Å². The van der Waals surface area contributed by atoms with Gasteiger partial charge in [-0.2, -0.15) is 0 Å². The molecule has 0 fully saturated rings. The highest BCUT2D eigenvalue weighted by atomic mass is 79.9. The predicted molar refractivity (Wildman–Crippen MR) is 75.0 cm³/mol. The number of halogens is 4. The lowest BCUT2D eigenvalue weighted by atomic mass is 10.3. The summed E-state index contributed by atoms with van der Waals surface area (Å²) in [5.41, 5.74) is 1.15. The fourth-order valence-corrected chi connectivity index (χ4v) is 2.56. The van der Waals surface area contributed by atoms with Crippen LogP contribution in [0.1, 0.15) is 10.7 Å². The van der Waals surface area contributed by atoms with Gasteiger partial charge in [-0.25, -0.2) is 4.98 Å². The molecule has 0 radical (unpaired) electrons. The van der Waals surface area contributed by atoms with Crippen LogP contribution >= 0.6 is 27.3 Å². The number of alkyl halides is 3. The topological polar surface area (TPSA) is 34.1 Å². The summed E-state index contributed by atoms with van der Waals surface area (Å²) in [6.07, 6.45) is -4.73. The molecule has 2 aromatic rings. The van der Waals surface area contributed by atoms with Gasteiger partial charge in [0.2, 0.25) is 0 Å². The normalized spacial score (nSPS) is 11.4. The highest BCUT2D eigenvalue weighted by molar-refractivity contribution is 9.10. The fraction of sp³-hybridized carbons (Fsp3) is 0.250. The van der Waals surface area contributed by atoms with Gasteiger partial charge >= 0.3 is 6.36 Å². The Kier molecular flexibility index (Phi) is 4.54. The number of hydrogen-bond donors (Lipinski definition) is 1. The molecule has 0 unspecified atom stereocenters. The van der Waals surface area contributed by atoms with Gasteiger partial charge in [-0.05, 0) is 25.1 Å². The molecular formula is C12H10BrF3N2OS. The molecule has 108 valence electrons. The van der Waals surface area contributed by atoms with Gasteiger partial charge < -0.3 is 10.1 Å². The largest absolute Gasteiger partial charge is 0.573 e. The van der Waals surface area contributed by atoms with Crippen LogP contribution in [0, 0.1) is 6.92 Å². The summed E-state index contributed by atoms with van der Waals surface area (Å²) in [5.74, 6) is -0.278. The smallest absolute Gasteiger partial charge is 0.404 e. The second kappa shape index (κ2) is 6.01. The molecule has 0 saturated heterocycles. The predicted octanol–water partition coefficient (Wildman–Crippen LogP) is 4.72. The quantitative estimate of drug-likeness (QED) is 0.849. The van der Waals surface area contributed by atoms with E-state index in [4.69, 9.17) is 0 Å². The standard InChI is InChI=1S/C12H10BrF3N2OS/c1-7-6-20-11(18-7)5-17-9-3-2-8(13)4-10(9)19-12(14,15)16/h2-4,6,17H,5H2,1H3. The Morgan fingerprint density at radius 1 is 1.40 bits per heavy atom. The number of aromatic nitrogens is 1. The molecular weight excluding hydrogens is 357 g/mol. The zero-order valence-corrected chi connectivity index (χ0v) is 12.7. The Morgan fingerprint density at radius 3 is 2.75 bits per heavy atom. The molecule has 0 atom stereocenters. The molecule has 1 aromatic carbocycles.